The molecule has 1 amide bonds. The minimum atomic E-state index is -3.65. The van der Waals surface area contributed by atoms with Gasteiger partial charge in [0.1, 0.15) is 21.5 Å². The van der Waals surface area contributed by atoms with Crippen LogP contribution >= 0.6 is 23.2 Å². The number of benzene rings is 2. The molecule has 484 valence electrons. The van der Waals surface area contributed by atoms with E-state index >= 15 is 0 Å². The number of amides is 1. The Morgan fingerprint density at radius 1 is 0.629 bits per heavy atom. The topological polar surface area (TPSA) is 298 Å². The number of carbonyl (C=O) groups is 2. The fraction of sp³-hybridized carbons (Fsp3) is 0.533. The van der Waals surface area contributed by atoms with E-state index in [4.69, 9.17) is 37.8 Å². The summed E-state index contributed by atoms with van der Waals surface area (Å²) in [5, 5.41) is 31.6. The summed E-state index contributed by atoms with van der Waals surface area (Å²) in [7, 11) is 3.29. The van der Waals surface area contributed by atoms with Crippen molar-refractivity contribution >= 4 is 101 Å². The Labute approximate surface area is 531 Å². The van der Waals surface area contributed by atoms with Crippen LogP contribution in [0.4, 0.5) is 46.3 Å². The zero-order chi connectivity index (χ0) is 64.6. The molecule has 4 aliphatic rings. The monoisotopic (exact) mass is 1310 g/mol. The van der Waals surface area contributed by atoms with Crippen molar-refractivity contribution in [2.24, 2.45) is 14.1 Å². The van der Waals surface area contributed by atoms with E-state index in [2.05, 4.69) is 94.8 Å². The molecule has 89 heavy (non-hydrogen) atoms. The van der Waals surface area contributed by atoms with E-state index in [0.29, 0.717) is 30.0 Å². The number of halogens is 2. The van der Waals surface area contributed by atoms with Gasteiger partial charge in [0.2, 0.25) is 47.5 Å². The molecule has 0 atom stereocenters. The van der Waals surface area contributed by atoms with Crippen LogP contribution in [-0.2, 0) is 43.4 Å². The van der Waals surface area contributed by atoms with Gasteiger partial charge in [-0.1, -0.05) is 23.2 Å². The quantitative estimate of drug-likeness (QED) is 0.0369. The van der Waals surface area contributed by atoms with E-state index in [1.807, 2.05) is 23.9 Å². The number of aryl methyl sites for hydroxylation is 4. The van der Waals surface area contributed by atoms with Gasteiger partial charge in [-0.05, 0) is 193 Å². The van der Waals surface area contributed by atoms with Crippen molar-refractivity contribution in [1.29, 1.82) is 0 Å². The van der Waals surface area contributed by atoms with Crippen molar-refractivity contribution in [3.05, 3.63) is 81.4 Å². The Morgan fingerprint density at radius 3 is 1.39 bits per heavy atom. The third-order valence-electron chi connectivity index (χ3n) is 15.2. The lowest BCUT2D eigenvalue weighted by molar-refractivity contribution is -0.137. The Balaban J connectivity index is 0.000000209. The number of hydrogen-bond acceptors (Lipinski definition) is 21. The summed E-state index contributed by atoms with van der Waals surface area (Å²) in [4.78, 5) is 45.6. The Bertz CT molecular complexity index is 3710. The number of aromatic nitrogens is 8. The van der Waals surface area contributed by atoms with E-state index < -0.39 is 36.1 Å². The lowest BCUT2D eigenvalue weighted by Crippen LogP contribution is -2.42. The van der Waals surface area contributed by atoms with Crippen LogP contribution in [-0.4, -0.2) is 178 Å². The predicted molar refractivity (Wildman–Crippen MR) is 346 cm³/mol. The lowest BCUT2D eigenvalue weighted by Gasteiger charge is -2.33. The molecule has 2 saturated carbocycles. The molecule has 10 rings (SSSR count). The number of likely N-dealkylation sites (tertiary alicyclic amines) is 1. The van der Waals surface area contributed by atoms with Crippen molar-refractivity contribution in [3.63, 3.8) is 0 Å². The smallest absolute Gasteiger partial charge is 0.317 e. The fourth-order valence-electron chi connectivity index (χ4n) is 10.1. The molecule has 6 aromatic rings. The van der Waals surface area contributed by atoms with Gasteiger partial charge in [-0.3, -0.25) is 23.9 Å². The van der Waals surface area contributed by atoms with Gasteiger partial charge in [0.05, 0.1) is 70.9 Å². The van der Waals surface area contributed by atoms with Crippen LogP contribution in [0.5, 0.6) is 11.5 Å². The first-order valence-electron chi connectivity index (χ1n) is 29.9. The van der Waals surface area contributed by atoms with Gasteiger partial charge in [-0.15, -0.1) is 0 Å². The number of anilines is 8. The van der Waals surface area contributed by atoms with Crippen LogP contribution < -0.4 is 36.1 Å². The van der Waals surface area contributed by atoms with Crippen LogP contribution in [0.15, 0.2) is 59.1 Å². The zero-order valence-corrected chi connectivity index (χ0v) is 55.8. The van der Waals surface area contributed by atoms with Gasteiger partial charge in [0.15, 0.2) is 11.6 Å². The maximum Gasteiger partial charge on any atom is 0.317 e. The summed E-state index contributed by atoms with van der Waals surface area (Å²) >= 11 is 12.8. The standard InChI is InChI=1S/C30H41ClN8O4S.C26H34ClN7O3S.C4H9NO2/c1-18(2)44(41,42)29-25(16-38(6)36-29)33-28-23(31)15-32-30(35-28)34-24-13-19(3)22(14-26(24)43-21-7-8-21)20-9-11-39(12-10-20)27(40)17-37(4)5;1-15(2)38(35,36)25-22(14-34(4)33-25)30-24-20(27)13-29-26(32-24)31-21-11-16(3)19(17-7-9-28-10-8-17)12-23(21)37-18-5-6-18;1-5(2)3-4(6)7/h13-16,18,20-21H,7-12,17H2,1-6H3,(H2,32,33,34,35);11-15,17-18,28H,5-10H2,1-4H3,(H2,29,30,31,32);3H2,1-2H3,(H,6,7). The SMILES string of the molecule is CN(C)CC(=O)O.Cc1cc(Nc2ncc(Cl)c(Nc3cn(C)nc3S(=O)(=O)C(C)C)n2)c(OC2CC2)cc1C1CCN(C(=O)CN(C)C)CC1.Cc1cc(Nc2ncc(Cl)c(Nc3cn(C)nc3S(=O)(=O)C(C)C)n2)c(OC2CC2)cc1C1CCNCC1. The second kappa shape index (κ2) is 29.4. The third kappa shape index (κ3) is 18.2. The van der Waals surface area contributed by atoms with E-state index in [-0.39, 0.29) is 68.0 Å². The number of carbonyl (C=O) groups excluding carboxylic acids is 1. The van der Waals surface area contributed by atoms with E-state index in [0.717, 1.165) is 106 Å². The molecule has 25 nitrogen and oxygen atoms in total. The van der Waals surface area contributed by atoms with E-state index in [9.17, 15) is 26.4 Å². The molecule has 4 fully saturated rings. The number of sulfone groups is 2. The van der Waals surface area contributed by atoms with Crippen LogP contribution in [0, 0.1) is 13.8 Å². The van der Waals surface area contributed by atoms with E-state index in [1.54, 1.807) is 73.2 Å². The van der Waals surface area contributed by atoms with Gasteiger partial charge < -0.3 is 51.0 Å². The summed E-state index contributed by atoms with van der Waals surface area (Å²) in [6.07, 6.45) is 14.6. The predicted octanol–water partition coefficient (Wildman–Crippen LogP) is 9.13. The summed E-state index contributed by atoms with van der Waals surface area (Å²) in [5.41, 5.74) is 6.93. The largest absolute Gasteiger partial charge is 0.488 e. The molecule has 2 aliphatic carbocycles. The Kier molecular flexibility index (Phi) is 22.5. The average Bonchev–Trinajstić information content (AvgIpc) is 3.51. The summed E-state index contributed by atoms with van der Waals surface area (Å²) in [6.45, 7) is 14.7. The van der Waals surface area contributed by atoms with Crippen molar-refractivity contribution in [2.45, 2.75) is 138 Å². The number of hydrogen-bond donors (Lipinski definition) is 6. The van der Waals surface area contributed by atoms with E-state index in [1.165, 1.54) is 38.4 Å². The second-order valence-electron chi connectivity index (χ2n) is 24.1. The highest BCUT2D eigenvalue weighted by Gasteiger charge is 2.32. The Hall–Kier alpha value is -6.88. The lowest BCUT2D eigenvalue weighted by atomic mass is 9.86. The normalized spacial score (nSPS) is 15.8. The number of nitrogens with zero attached hydrogens (tertiary/aromatic N) is 11. The number of rotatable bonds is 22. The van der Waals surface area contributed by atoms with Gasteiger partial charge in [0, 0.05) is 39.6 Å². The van der Waals surface area contributed by atoms with Crippen LogP contribution in [0.25, 0.3) is 0 Å². The van der Waals surface area contributed by atoms with Gasteiger partial charge in [-0.2, -0.15) is 20.2 Å². The first kappa shape index (κ1) is 68.0. The molecule has 0 spiro atoms. The molecular formula is C60H84Cl2N16O9S2. The van der Waals surface area contributed by atoms with Crippen molar-refractivity contribution in [2.75, 3.05) is 88.7 Å². The highest BCUT2D eigenvalue weighted by atomic mass is 35.5. The van der Waals surface area contributed by atoms with Gasteiger partial charge in [-0.25, -0.2) is 26.8 Å². The van der Waals surface area contributed by atoms with Crippen molar-refractivity contribution in [1.82, 2.24) is 59.5 Å². The highest BCUT2D eigenvalue weighted by Crippen LogP contribution is 2.42. The Morgan fingerprint density at radius 2 is 1.03 bits per heavy atom. The molecule has 2 aromatic carbocycles. The summed E-state index contributed by atoms with van der Waals surface area (Å²) in [5.74, 6) is 2.82. The average molecular weight is 1310 g/mol. The second-order valence-corrected chi connectivity index (χ2v) is 29.8. The minimum Gasteiger partial charge on any atom is -0.488 e. The maximum absolute atomic E-state index is 12.9. The molecule has 0 unspecified atom stereocenters. The number of ether oxygens (including phenoxy) is 2. The number of carboxylic acids is 1. The molecule has 4 aromatic heterocycles. The molecule has 2 saturated heterocycles. The number of piperidine rings is 2. The number of aliphatic carboxylic acids is 1. The van der Waals surface area contributed by atoms with Crippen LogP contribution in [0.3, 0.4) is 0 Å². The van der Waals surface area contributed by atoms with Crippen LogP contribution in [0.1, 0.15) is 113 Å². The zero-order valence-electron chi connectivity index (χ0n) is 52.7. The molecule has 6 N–H and O–H groups in total. The van der Waals surface area contributed by atoms with Crippen LogP contribution in [0.2, 0.25) is 10.0 Å². The number of carboxylic acid groups (broad SMARTS) is 1. The number of nitrogens with one attached hydrogen (secondary N) is 5. The van der Waals surface area contributed by atoms with Crippen molar-refractivity contribution in [3.8, 4) is 11.5 Å². The first-order valence-corrected chi connectivity index (χ1v) is 33.7. The van der Waals surface area contributed by atoms with Crippen molar-refractivity contribution < 1.29 is 41.0 Å². The van der Waals surface area contributed by atoms with Gasteiger partial charge in [0.25, 0.3) is 0 Å². The number of likely N-dealkylation sites (N-methyl/N-ethyl adjacent to an activating group) is 2. The minimum absolute atomic E-state index is 0.0524. The van der Waals surface area contributed by atoms with Gasteiger partial charge >= 0.3 is 5.97 Å². The maximum atomic E-state index is 12.9. The molecule has 29 heteroatoms. The summed E-state index contributed by atoms with van der Waals surface area (Å²) < 4.78 is 67.0. The molecule has 6 heterocycles. The highest BCUT2D eigenvalue weighted by molar-refractivity contribution is 7.92. The molecule has 0 radical (unpaired) electrons. The first-order chi connectivity index (χ1) is 42.0. The molecule has 0 bridgehead atoms. The molecular weight excluding hydrogens is 1220 g/mol. The third-order valence-corrected chi connectivity index (χ3v) is 19.9. The summed E-state index contributed by atoms with van der Waals surface area (Å²) in [6, 6.07) is 8.43. The molecule has 2 aliphatic heterocycles. The fourth-order valence-corrected chi connectivity index (χ4v) is 12.6.